The monoisotopic (exact) mass is 456 g/mol. The Bertz CT molecular complexity index is 784. The molecule has 29 heavy (non-hydrogen) atoms. The SMILES string of the molecule is Cl.Cl.O=C(NCc1ccnc(OCC(F)(F)F)c1)c1cn(C2CCNCC2)nn1. The smallest absolute Gasteiger partial charge is 0.422 e. The highest BCUT2D eigenvalue weighted by Crippen LogP contribution is 2.18. The molecule has 162 valence electrons. The van der Waals surface area contributed by atoms with Crippen molar-refractivity contribution in [2.75, 3.05) is 19.7 Å². The van der Waals surface area contributed by atoms with Crippen molar-refractivity contribution in [3.05, 3.63) is 35.8 Å². The Labute approximate surface area is 177 Å². The third-order valence-electron chi connectivity index (χ3n) is 4.06. The predicted octanol–water partition coefficient (Wildman–Crippen LogP) is 2.31. The molecule has 1 aliphatic heterocycles. The maximum absolute atomic E-state index is 12.2. The standard InChI is InChI=1S/C16H19F3N6O2.2ClH/c17-16(18,19)10-27-14-7-11(1-6-21-14)8-22-15(26)13-9-25(24-23-13)12-2-4-20-5-3-12;;/h1,6-7,9,12,20H,2-5,8,10H2,(H,22,26);2*1H. The lowest BCUT2D eigenvalue weighted by molar-refractivity contribution is -0.154. The largest absolute Gasteiger partial charge is 0.468 e. The third kappa shape index (κ3) is 7.67. The fourth-order valence-corrected chi connectivity index (χ4v) is 2.70. The topological polar surface area (TPSA) is 94.0 Å². The summed E-state index contributed by atoms with van der Waals surface area (Å²) >= 11 is 0. The lowest BCUT2D eigenvalue weighted by Gasteiger charge is -2.22. The molecule has 2 aromatic heterocycles. The summed E-state index contributed by atoms with van der Waals surface area (Å²) in [6, 6.07) is 3.14. The number of amides is 1. The van der Waals surface area contributed by atoms with Crippen LogP contribution in [-0.4, -0.2) is 51.8 Å². The molecule has 1 fully saturated rings. The van der Waals surface area contributed by atoms with Crippen LogP contribution >= 0.6 is 24.8 Å². The molecule has 0 unspecified atom stereocenters. The van der Waals surface area contributed by atoms with Crippen LogP contribution in [0.2, 0.25) is 0 Å². The van der Waals surface area contributed by atoms with Crippen molar-refractivity contribution in [3.63, 3.8) is 0 Å². The van der Waals surface area contributed by atoms with E-state index in [-0.39, 0.29) is 49.0 Å². The van der Waals surface area contributed by atoms with Gasteiger partial charge in [-0.05, 0) is 37.6 Å². The highest BCUT2D eigenvalue weighted by atomic mass is 35.5. The zero-order valence-corrected chi connectivity index (χ0v) is 16.8. The average Bonchev–Trinajstić information content (AvgIpc) is 3.15. The fourth-order valence-electron chi connectivity index (χ4n) is 2.70. The maximum atomic E-state index is 12.2. The second-order valence-corrected chi connectivity index (χ2v) is 6.15. The number of aromatic nitrogens is 4. The molecule has 8 nitrogen and oxygen atoms in total. The minimum atomic E-state index is -4.44. The molecular formula is C16H21Cl2F3N6O2. The molecule has 2 N–H and O–H groups in total. The van der Waals surface area contributed by atoms with E-state index < -0.39 is 18.7 Å². The second kappa shape index (κ2) is 11.2. The molecule has 3 rings (SSSR count). The van der Waals surface area contributed by atoms with Gasteiger partial charge in [-0.25, -0.2) is 9.67 Å². The Kier molecular flexibility index (Phi) is 9.60. The molecule has 0 spiro atoms. The van der Waals surface area contributed by atoms with Gasteiger partial charge in [0.2, 0.25) is 5.88 Å². The van der Waals surface area contributed by atoms with Crippen molar-refractivity contribution in [2.24, 2.45) is 0 Å². The van der Waals surface area contributed by atoms with Gasteiger partial charge in [0.05, 0.1) is 12.2 Å². The number of alkyl halides is 3. The van der Waals surface area contributed by atoms with Gasteiger partial charge < -0.3 is 15.4 Å². The molecule has 0 bridgehead atoms. The van der Waals surface area contributed by atoms with Gasteiger partial charge in [0.25, 0.3) is 5.91 Å². The van der Waals surface area contributed by atoms with Crippen molar-refractivity contribution in [1.82, 2.24) is 30.6 Å². The molecule has 13 heteroatoms. The summed E-state index contributed by atoms with van der Waals surface area (Å²) < 4.78 is 42.9. The van der Waals surface area contributed by atoms with E-state index in [2.05, 4.69) is 30.7 Å². The summed E-state index contributed by atoms with van der Waals surface area (Å²) in [7, 11) is 0. The maximum Gasteiger partial charge on any atom is 0.422 e. The van der Waals surface area contributed by atoms with Crippen LogP contribution in [0.15, 0.2) is 24.5 Å². The number of hydrogen-bond donors (Lipinski definition) is 2. The van der Waals surface area contributed by atoms with Crippen LogP contribution in [0.5, 0.6) is 5.88 Å². The van der Waals surface area contributed by atoms with Gasteiger partial charge in [-0.2, -0.15) is 13.2 Å². The number of nitrogens with one attached hydrogen (secondary N) is 2. The molecule has 0 atom stereocenters. The molecule has 1 amide bonds. The first-order valence-corrected chi connectivity index (χ1v) is 8.46. The molecule has 0 aromatic carbocycles. The van der Waals surface area contributed by atoms with Gasteiger partial charge in [0.15, 0.2) is 12.3 Å². The van der Waals surface area contributed by atoms with Crippen molar-refractivity contribution in [1.29, 1.82) is 0 Å². The van der Waals surface area contributed by atoms with Gasteiger partial charge in [0.1, 0.15) is 0 Å². The Morgan fingerprint density at radius 1 is 1.31 bits per heavy atom. The number of rotatable bonds is 6. The summed E-state index contributed by atoms with van der Waals surface area (Å²) in [5, 5.41) is 13.8. The summed E-state index contributed by atoms with van der Waals surface area (Å²) in [4.78, 5) is 15.9. The van der Waals surface area contributed by atoms with Crippen LogP contribution in [0.25, 0.3) is 0 Å². The van der Waals surface area contributed by atoms with Gasteiger partial charge in [0, 0.05) is 18.8 Å². The van der Waals surface area contributed by atoms with E-state index in [1.54, 1.807) is 16.9 Å². The first-order chi connectivity index (χ1) is 12.9. The van der Waals surface area contributed by atoms with E-state index in [0.29, 0.717) is 5.56 Å². The Morgan fingerprint density at radius 3 is 2.72 bits per heavy atom. The van der Waals surface area contributed by atoms with Crippen LogP contribution in [0.3, 0.4) is 0 Å². The van der Waals surface area contributed by atoms with E-state index in [1.807, 2.05) is 0 Å². The van der Waals surface area contributed by atoms with Gasteiger partial charge in [-0.3, -0.25) is 4.79 Å². The molecule has 0 saturated carbocycles. The molecule has 3 heterocycles. The highest BCUT2D eigenvalue weighted by molar-refractivity contribution is 5.91. The zero-order valence-electron chi connectivity index (χ0n) is 15.2. The summed E-state index contributed by atoms with van der Waals surface area (Å²) in [6.45, 7) is 0.471. The summed E-state index contributed by atoms with van der Waals surface area (Å²) in [6.07, 6.45) is 0.326. The molecule has 1 aliphatic rings. The van der Waals surface area contributed by atoms with E-state index in [4.69, 9.17) is 0 Å². The number of piperidine rings is 1. The lowest BCUT2D eigenvalue weighted by atomic mass is 10.1. The molecule has 0 aliphatic carbocycles. The zero-order chi connectivity index (χ0) is 19.3. The van der Waals surface area contributed by atoms with Crippen LogP contribution in [0.4, 0.5) is 13.2 Å². The van der Waals surface area contributed by atoms with E-state index >= 15 is 0 Å². The van der Waals surface area contributed by atoms with Crippen LogP contribution in [0, 0.1) is 0 Å². The number of pyridine rings is 1. The first-order valence-electron chi connectivity index (χ1n) is 8.46. The summed E-state index contributed by atoms with van der Waals surface area (Å²) in [5.74, 6) is -0.569. The van der Waals surface area contributed by atoms with Gasteiger partial charge in [-0.1, -0.05) is 5.21 Å². The number of ether oxygens (including phenoxy) is 1. The number of nitrogens with zero attached hydrogens (tertiary/aromatic N) is 4. The van der Waals surface area contributed by atoms with Gasteiger partial charge in [-0.15, -0.1) is 29.9 Å². The average molecular weight is 457 g/mol. The van der Waals surface area contributed by atoms with E-state index in [0.717, 1.165) is 25.9 Å². The number of hydrogen-bond acceptors (Lipinski definition) is 6. The Hall–Kier alpha value is -2.11. The van der Waals surface area contributed by atoms with Crippen LogP contribution < -0.4 is 15.4 Å². The first kappa shape index (κ1) is 24.9. The normalized spacial score (nSPS) is 14.4. The minimum Gasteiger partial charge on any atom is -0.468 e. The number of halogens is 5. The van der Waals surface area contributed by atoms with E-state index in [9.17, 15) is 18.0 Å². The lowest BCUT2D eigenvalue weighted by Crippen LogP contribution is -2.29. The second-order valence-electron chi connectivity index (χ2n) is 6.15. The van der Waals surface area contributed by atoms with Crippen molar-refractivity contribution < 1.29 is 22.7 Å². The highest BCUT2D eigenvalue weighted by Gasteiger charge is 2.28. The quantitative estimate of drug-likeness (QED) is 0.692. The molecule has 2 aromatic rings. The Balaban J connectivity index is 0.00000210. The number of carbonyl (C=O) groups excluding carboxylic acids is 1. The third-order valence-corrected chi connectivity index (χ3v) is 4.06. The molecule has 0 radical (unpaired) electrons. The Morgan fingerprint density at radius 2 is 2.03 bits per heavy atom. The van der Waals surface area contributed by atoms with Gasteiger partial charge >= 0.3 is 6.18 Å². The van der Waals surface area contributed by atoms with Crippen molar-refractivity contribution in [3.8, 4) is 5.88 Å². The molecular weight excluding hydrogens is 436 g/mol. The van der Waals surface area contributed by atoms with Crippen LogP contribution in [-0.2, 0) is 6.54 Å². The summed E-state index contributed by atoms with van der Waals surface area (Å²) in [5.41, 5.74) is 0.748. The van der Waals surface area contributed by atoms with E-state index in [1.165, 1.54) is 12.3 Å². The molecule has 1 saturated heterocycles. The predicted molar refractivity (Wildman–Crippen MR) is 103 cm³/mol. The van der Waals surface area contributed by atoms with Crippen molar-refractivity contribution in [2.45, 2.75) is 31.6 Å². The van der Waals surface area contributed by atoms with Crippen molar-refractivity contribution >= 4 is 30.7 Å². The number of carbonyl (C=O) groups is 1. The fraction of sp³-hybridized carbons (Fsp3) is 0.500. The minimum absolute atomic E-state index is 0. The van der Waals surface area contributed by atoms with Crippen LogP contribution in [0.1, 0.15) is 34.9 Å².